The SMILES string of the molecule is CCc1nc2c(C)ccnc2n1Cc1ccc(-c2cc(Cc3ccccc3)sc2CNC(=O)c2ccccc2)cc1. The summed E-state index contributed by atoms with van der Waals surface area (Å²) in [7, 11) is 0. The van der Waals surface area contributed by atoms with E-state index in [1.807, 2.05) is 48.7 Å². The van der Waals surface area contributed by atoms with E-state index < -0.39 is 0 Å². The van der Waals surface area contributed by atoms with Crippen LogP contribution < -0.4 is 5.32 Å². The highest BCUT2D eigenvalue weighted by Crippen LogP contribution is 2.33. The molecular weight excluding hydrogens is 524 g/mol. The molecule has 0 saturated carbocycles. The second-order valence-corrected chi connectivity index (χ2v) is 11.4. The average molecular weight is 557 g/mol. The first kappa shape index (κ1) is 26.7. The molecule has 3 heterocycles. The Balaban J connectivity index is 1.27. The van der Waals surface area contributed by atoms with Gasteiger partial charge in [0.05, 0.1) is 13.1 Å². The molecule has 0 atom stereocenters. The van der Waals surface area contributed by atoms with Crippen LogP contribution >= 0.6 is 11.3 Å². The molecule has 41 heavy (non-hydrogen) atoms. The number of thiophene rings is 1. The van der Waals surface area contributed by atoms with Crippen molar-refractivity contribution in [3.63, 3.8) is 0 Å². The molecule has 0 aliphatic rings. The number of hydrogen-bond donors (Lipinski definition) is 1. The second-order valence-electron chi connectivity index (χ2n) is 10.2. The molecule has 5 nitrogen and oxygen atoms in total. The van der Waals surface area contributed by atoms with Gasteiger partial charge in [-0.1, -0.05) is 79.7 Å². The molecule has 0 unspecified atom stereocenters. The van der Waals surface area contributed by atoms with Crippen molar-refractivity contribution < 1.29 is 4.79 Å². The summed E-state index contributed by atoms with van der Waals surface area (Å²) in [6.07, 6.45) is 3.58. The largest absolute Gasteiger partial charge is 0.347 e. The van der Waals surface area contributed by atoms with E-state index in [2.05, 4.69) is 83.3 Å². The first-order valence-electron chi connectivity index (χ1n) is 14.0. The van der Waals surface area contributed by atoms with Crippen LogP contribution in [0, 0.1) is 6.92 Å². The Morgan fingerprint density at radius 2 is 1.63 bits per heavy atom. The van der Waals surface area contributed by atoms with Crippen LogP contribution in [0.5, 0.6) is 0 Å². The highest BCUT2D eigenvalue weighted by atomic mass is 32.1. The molecule has 3 aromatic heterocycles. The summed E-state index contributed by atoms with van der Waals surface area (Å²) in [6, 6.07) is 33.0. The van der Waals surface area contributed by atoms with E-state index in [4.69, 9.17) is 4.98 Å². The summed E-state index contributed by atoms with van der Waals surface area (Å²) < 4.78 is 2.23. The lowest BCUT2D eigenvalue weighted by molar-refractivity contribution is 0.0951. The van der Waals surface area contributed by atoms with Gasteiger partial charge in [0, 0.05) is 34.4 Å². The van der Waals surface area contributed by atoms with E-state index in [1.165, 1.54) is 21.6 Å². The number of amides is 1. The van der Waals surface area contributed by atoms with Gasteiger partial charge in [0.25, 0.3) is 5.91 Å². The Hall–Kier alpha value is -4.55. The predicted molar refractivity (Wildman–Crippen MR) is 167 cm³/mol. The number of carbonyl (C=O) groups is 1. The molecule has 6 aromatic rings. The van der Waals surface area contributed by atoms with Gasteiger partial charge in [-0.3, -0.25) is 4.79 Å². The van der Waals surface area contributed by atoms with Crippen LogP contribution in [-0.4, -0.2) is 20.4 Å². The molecule has 1 N–H and O–H groups in total. The van der Waals surface area contributed by atoms with Gasteiger partial charge < -0.3 is 9.88 Å². The van der Waals surface area contributed by atoms with Gasteiger partial charge >= 0.3 is 0 Å². The summed E-state index contributed by atoms with van der Waals surface area (Å²) >= 11 is 1.77. The maximum absolute atomic E-state index is 12.8. The van der Waals surface area contributed by atoms with Gasteiger partial charge in [-0.05, 0) is 59.0 Å². The molecule has 204 valence electrons. The van der Waals surface area contributed by atoms with Gasteiger partial charge in [-0.25, -0.2) is 9.97 Å². The standard InChI is InChI=1S/C35H32N4OS/c1-3-32-38-33-24(2)18-19-36-34(33)39(32)23-26-14-16-27(17-15-26)30-21-29(20-25-10-6-4-7-11-25)41-31(30)22-37-35(40)28-12-8-5-9-13-28/h4-19,21H,3,20,22-23H2,1-2H3,(H,37,40). The Labute approximate surface area is 244 Å². The molecule has 6 rings (SSSR count). The van der Waals surface area contributed by atoms with Crippen LogP contribution in [0.1, 0.15) is 49.6 Å². The summed E-state index contributed by atoms with van der Waals surface area (Å²) in [5, 5.41) is 3.13. The molecule has 0 bridgehead atoms. The molecule has 0 fully saturated rings. The summed E-state index contributed by atoms with van der Waals surface area (Å²) in [5.41, 5.74) is 8.52. The average Bonchev–Trinajstić information content (AvgIpc) is 3.59. The van der Waals surface area contributed by atoms with Crippen LogP contribution in [0.25, 0.3) is 22.3 Å². The lowest BCUT2D eigenvalue weighted by Gasteiger charge is -2.10. The number of pyridine rings is 1. The lowest BCUT2D eigenvalue weighted by atomic mass is 10.0. The minimum atomic E-state index is -0.0620. The highest BCUT2D eigenvalue weighted by Gasteiger charge is 2.15. The maximum Gasteiger partial charge on any atom is 0.251 e. The number of hydrogen-bond acceptors (Lipinski definition) is 4. The number of carbonyl (C=O) groups excluding carboxylic acids is 1. The summed E-state index contributed by atoms with van der Waals surface area (Å²) in [4.78, 5) is 24.7. The molecule has 0 spiro atoms. The van der Waals surface area contributed by atoms with Gasteiger partial charge in [0.2, 0.25) is 0 Å². The molecular formula is C35H32N4OS. The Morgan fingerprint density at radius 3 is 2.37 bits per heavy atom. The number of rotatable bonds is 9. The van der Waals surface area contributed by atoms with Crippen molar-refractivity contribution in [1.82, 2.24) is 19.9 Å². The third kappa shape index (κ3) is 5.83. The Kier molecular flexibility index (Phi) is 7.74. The molecule has 0 aliphatic heterocycles. The molecule has 6 heteroatoms. The van der Waals surface area contributed by atoms with E-state index in [0.717, 1.165) is 52.4 Å². The smallest absolute Gasteiger partial charge is 0.251 e. The monoisotopic (exact) mass is 556 g/mol. The normalized spacial score (nSPS) is 11.2. The van der Waals surface area contributed by atoms with Crippen molar-refractivity contribution in [1.29, 1.82) is 0 Å². The van der Waals surface area contributed by atoms with Crippen LogP contribution in [-0.2, 0) is 25.9 Å². The van der Waals surface area contributed by atoms with Crippen molar-refractivity contribution >= 4 is 28.4 Å². The number of aromatic nitrogens is 3. The third-order valence-electron chi connectivity index (χ3n) is 7.36. The molecule has 3 aromatic carbocycles. The van der Waals surface area contributed by atoms with E-state index in [9.17, 15) is 4.79 Å². The summed E-state index contributed by atoms with van der Waals surface area (Å²) in [6.45, 7) is 5.43. The minimum absolute atomic E-state index is 0.0620. The molecule has 1 amide bonds. The van der Waals surface area contributed by atoms with Crippen molar-refractivity contribution in [3.8, 4) is 11.1 Å². The molecule has 0 radical (unpaired) electrons. The second kappa shape index (κ2) is 11.9. The van der Waals surface area contributed by atoms with Gasteiger partial charge in [-0.15, -0.1) is 11.3 Å². The fourth-order valence-electron chi connectivity index (χ4n) is 5.19. The quantitative estimate of drug-likeness (QED) is 0.199. The number of nitrogens with one attached hydrogen (secondary N) is 1. The highest BCUT2D eigenvalue weighted by molar-refractivity contribution is 7.12. The van der Waals surface area contributed by atoms with Gasteiger partial charge in [-0.2, -0.15) is 0 Å². The molecule has 0 saturated heterocycles. The topological polar surface area (TPSA) is 59.8 Å². The summed E-state index contributed by atoms with van der Waals surface area (Å²) in [5.74, 6) is 0.985. The first-order chi connectivity index (χ1) is 20.1. The Bertz CT molecular complexity index is 1790. The van der Waals surface area contributed by atoms with Gasteiger partial charge in [0.15, 0.2) is 5.65 Å². The zero-order chi connectivity index (χ0) is 28.2. The van der Waals surface area contributed by atoms with Crippen LogP contribution in [0.15, 0.2) is 103 Å². The van der Waals surface area contributed by atoms with Crippen LogP contribution in [0.4, 0.5) is 0 Å². The van der Waals surface area contributed by atoms with E-state index in [1.54, 1.807) is 11.3 Å². The fraction of sp³-hybridized carbons (Fsp3) is 0.171. The van der Waals surface area contributed by atoms with Crippen molar-refractivity contribution in [2.24, 2.45) is 0 Å². The van der Waals surface area contributed by atoms with Gasteiger partial charge in [0.1, 0.15) is 11.3 Å². The van der Waals surface area contributed by atoms with Crippen LogP contribution in [0.2, 0.25) is 0 Å². The third-order valence-corrected chi connectivity index (χ3v) is 8.50. The number of imidazole rings is 1. The van der Waals surface area contributed by atoms with Crippen LogP contribution in [0.3, 0.4) is 0 Å². The van der Waals surface area contributed by atoms with Crippen molar-refractivity contribution in [3.05, 3.63) is 141 Å². The number of benzene rings is 3. The van der Waals surface area contributed by atoms with E-state index in [-0.39, 0.29) is 5.91 Å². The zero-order valence-corrected chi connectivity index (χ0v) is 24.1. The zero-order valence-electron chi connectivity index (χ0n) is 23.3. The number of nitrogens with zero attached hydrogens (tertiary/aromatic N) is 3. The maximum atomic E-state index is 12.8. The lowest BCUT2D eigenvalue weighted by Crippen LogP contribution is -2.22. The number of aryl methyl sites for hydroxylation is 2. The minimum Gasteiger partial charge on any atom is -0.347 e. The Morgan fingerprint density at radius 1 is 0.902 bits per heavy atom. The number of fused-ring (bicyclic) bond motifs is 1. The predicted octanol–water partition coefficient (Wildman–Crippen LogP) is 7.60. The van der Waals surface area contributed by atoms with Crippen molar-refractivity contribution in [2.45, 2.75) is 39.8 Å². The van der Waals surface area contributed by atoms with E-state index in [0.29, 0.717) is 12.1 Å². The van der Waals surface area contributed by atoms with Crippen molar-refractivity contribution in [2.75, 3.05) is 0 Å². The van der Waals surface area contributed by atoms with E-state index >= 15 is 0 Å². The molecule has 0 aliphatic carbocycles. The first-order valence-corrected chi connectivity index (χ1v) is 14.8. The fourth-order valence-corrected chi connectivity index (χ4v) is 6.35.